The number of phenols is 1. The Kier molecular flexibility index (Phi) is 4.41. The largest absolute Gasteiger partial charge is 0.506 e. The minimum Gasteiger partial charge on any atom is -0.506 e. The van der Waals surface area contributed by atoms with E-state index >= 15 is 0 Å². The van der Waals surface area contributed by atoms with E-state index in [9.17, 15) is 27.7 Å². The highest BCUT2D eigenvalue weighted by atomic mass is 79.9. The third kappa shape index (κ3) is 2.81. The van der Waals surface area contributed by atoms with Gasteiger partial charge in [0.1, 0.15) is 10.6 Å². The fraction of sp³-hybridized carbons (Fsp3) is 0.176. The molecule has 7 nitrogen and oxygen atoms in total. The Morgan fingerprint density at radius 3 is 2.23 bits per heavy atom. The van der Waals surface area contributed by atoms with E-state index < -0.39 is 37.9 Å². The minimum absolute atomic E-state index is 0.000106. The fourth-order valence-electron chi connectivity index (χ4n) is 2.93. The molecule has 0 saturated heterocycles. The van der Waals surface area contributed by atoms with Crippen LogP contribution in [0.25, 0.3) is 0 Å². The molecule has 136 valence electrons. The highest BCUT2D eigenvalue weighted by Gasteiger charge is 2.37. The van der Waals surface area contributed by atoms with Gasteiger partial charge in [-0.15, -0.1) is 0 Å². The van der Waals surface area contributed by atoms with Crippen molar-refractivity contribution in [1.29, 1.82) is 0 Å². The summed E-state index contributed by atoms with van der Waals surface area (Å²) in [5.74, 6) is -2.18. The summed E-state index contributed by atoms with van der Waals surface area (Å²) in [6, 6.07) is 5.25. The minimum atomic E-state index is -4.76. The number of nitrogens with one attached hydrogen (secondary N) is 1. The summed E-state index contributed by atoms with van der Waals surface area (Å²) in [6.07, 6.45) is 0. The number of benzene rings is 2. The van der Waals surface area contributed by atoms with Gasteiger partial charge in [-0.2, -0.15) is 8.42 Å². The number of carbonyl (C=O) groups is 2. The number of halogens is 1. The lowest BCUT2D eigenvalue weighted by Gasteiger charge is -2.24. The lowest BCUT2D eigenvalue weighted by Crippen LogP contribution is -2.25. The van der Waals surface area contributed by atoms with Crippen molar-refractivity contribution in [2.24, 2.45) is 0 Å². The van der Waals surface area contributed by atoms with Crippen LogP contribution in [-0.2, 0) is 10.1 Å². The van der Waals surface area contributed by atoms with Gasteiger partial charge in [-0.1, -0.05) is 15.9 Å². The van der Waals surface area contributed by atoms with E-state index in [1.165, 1.54) is 0 Å². The molecule has 1 aliphatic rings. The first-order valence-corrected chi connectivity index (χ1v) is 9.79. The Hall–Kier alpha value is -2.23. The molecule has 0 saturated carbocycles. The van der Waals surface area contributed by atoms with Crippen LogP contribution >= 0.6 is 15.9 Å². The summed E-state index contributed by atoms with van der Waals surface area (Å²) in [5.41, 5.74) is 0.0541. The van der Waals surface area contributed by atoms with Gasteiger partial charge in [0.25, 0.3) is 10.1 Å². The summed E-state index contributed by atoms with van der Waals surface area (Å²) in [5, 5.41) is 13.3. The van der Waals surface area contributed by atoms with Crippen molar-refractivity contribution >= 4 is 43.3 Å². The van der Waals surface area contributed by atoms with E-state index in [2.05, 4.69) is 21.2 Å². The molecule has 0 aliphatic heterocycles. The molecule has 3 N–H and O–H groups in total. The maximum atomic E-state index is 13.0. The Bertz CT molecular complexity index is 1080. The van der Waals surface area contributed by atoms with E-state index in [4.69, 9.17) is 0 Å². The quantitative estimate of drug-likeness (QED) is 0.536. The highest BCUT2D eigenvalue weighted by molar-refractivity contribution is 9.10. The number of fused-ring (bicyclic) bond motifs is 2. The van der Waals surface area contributed by atoms with Crippen molar-refractivity contribution in [3.05, 3.63) is 51.0 Å². The second kappa shape index (κ2) is 6.19. The van der Waals surface area contributed by atoms with Gasteiger partial charge in [0, 0.05) is 21.8 Å². The van der Waals surface area contributed by atoms with Crippen LogP contribution in [0.3, 0.4) is 0 Å². The summed E-state index contributed by atoms with van der Waals surface area (Å²) in [4.78, 5) is 25.1. The third-order valence-corrected chi connectivity index (χ3v) is 5.49. The van der Waals surface area contributed by atoms with E-state index in [-0.39, 0.29) is 22.7 Å². The monoisotopic (exact) mass is 439 g/mol. The average molecular weight is 440 g/mol. The molecule has 0 bridgehead atoms. The van der Waals surface area contributed by atoms with Crippen LogP contribution in [0, 0.1) is 0 Å². The molecule has 0 spiro atoms. The summed E-state index contributed by atoms with van der Waals surface area (Å²) >= 11 is 3.23. The molecule has 3 rings (SSSR count). The number of ketones is 2. The Morgan fingerprint density at radius 2 is 1.65 bits per heavy atom. The smallest absolute Gasteiger partial charge is 0.298 e. The zero-order valence-corrected chi connectivity index (χ0v) is 16.1. The molecule has 0 aromatic heterocycles. The first-order valence-electron chi connectivity index (χ1n) is 7.56. The Labute approximate surface area is 157 Å². The number of rotatable bonds is 3. The number of hydrogen-bond donors (Lipinski definition) is 3. The van der Waals surface area contributed by atoms with Gasteiger partial charge in [-0.3, -0.25) is 14.1 Å². The van der Waals surface area contributed by atoms with Gasteiger partial charge in [0.15, 0.2) is 11.6 Å². The van der Waals surface area contributed by atoms with Gasteiger partial charge in [-0.05, 0) is 38.1 Å². The second-order valence-corrected chi connectivity index (χ2v) is 8.36. The van der Waals surface area contributed by atoms with Crippen LogP contribution < -0.4 is 5.32 Å². The van der Waals surface area contributed by atoms with Crippen molar-refractivity contribution in [3.8, 4) is 5.75 Å². The van der Waals surface area contributed by atoms with Crippen LogP contribution in [0.15, 0.2) is 33.6 Å². The van der Waals surface area contributed by atoms with Crippen molar-refractivity contribution in [1.82, 2.24) is 0 Å². The fourth-order valence-corrected chi connectivity index (χ4v) is 4.02. The third-order valence-electron chi connectivity index (χ3n) is 3.94. The van der Waals surface area contributed by atoms with E-state index in [0.717, 1.165) is 12.1 Å². The molecule has 0 atom stereocenters. The number of aromatic hydroxyl groups is 1. The molecule has 0 heterocycles. The normalized spacial score (nSPS) is 13.6. The summed E-state index contributed by atoms with van der Waals surface area (Å²) < 4.78 is 32.3. The highest BCUT2D eigenvalue weighted by Crippen LogP contribution is 2.41. The Balaban J connectivity index is 2.34. The molecule has 0 radical (unpaired) electrons. The van der Waals surface area contributed by atoms with Crippen molar-refractivity contribution in [2.75, 3.05) is 5.32 Å². The van der Waals surface area contributed by atoms with E-state index in [1.54, 1.807) is 12.1 Å². The van der Waals surface area contributed by atoms with Gasteiger partial charge in [0.05, 0.1) is 16.7 Å². The summed E-state index contributed by atoms with van der Waals surface area (Å²) in [7, 11) is -4.76. The van der Waals surface area contributed by atoms with E-state index in [1.807, 2.05) is 13.8 Å². The summed E-state index contributed by atoms with van der Waals surface area (Å²) in [6.45, 7) is 3.75. The first-order chi connectivity index (χ1) is 12.0. The SMILES string of the molecule is CC(C)Nc1ccc(Br)c2c1C(=O)c1ccc(S(=O)(=O)O)c(O)c1C2=O. The molecule has 26 heavy (non-hydrogen) atoms. The molecule has 2 aromatic carbocycles. The predicted molar refractivity (Wildman–Crippen MR) is 97.7 cm³/mol. The number of hydrogen-bond acceptors (Lipinski definition) is 6. The maximum Gasteiger partial charge on any atom is 0.298 e. The molecule has 9 heteroatoms. The zero-order chi connectivity index (χ0) is 19.4. The number of anilines is 1. The standard InChI is InChI=1S/C17H14BrNO6S/c1-7(2)19-10-5-4-9(18)13-14(10)15(20)8-3-6-11(26(23,24)25)16(21)12(8)17(13)22/h3-7,19,21H,1-2H3,(H,23,24,25). The first kappa shape index (κ1) is 18.6. The van der Waals surface area contributed by atoms with Crippen LogP contribution in [0.2, 0.25) is 0 Å². The molecule has 1 aliphatic carbocycles. The number of carbonyl (C=O) groups excluding carboxylic acids is 2. The van der Waals surface area contributed by atoms with Crippen molar-refractivity contribution in [2.45, 2.75) is 24.8 Å². The molecular formula is C17H14BrNO6S. The topological polar surface area (TPSA) is 121 Å². The molecule has 2 aromatic rings. The van der Waals surface area contributed by atoms with Gasteiger partial charge >= 0.3 is 0 Å². The maximum absolute atomic E-state index is 13.0. The molecule has 0 amide bonds. The second-order valence-electron chi connectivity index (χ2n) is 6.11. The van der Waals surface area contributed by atoms with Crippen molar-refractivity contribution in [3.63, 3.8) is 0 Å². The molecule has 0 unspecified atom stereocenters. The lowest BCUT2D eigenvalue weighted by atomic mass is 9.82. The van der Waals surface area contributed by atoms with Gasteiger partial charge in [-0.25, -0.2) is 0 Å². The zero-order valence-electron chi connectivity index (χ0n) is 13.7. The molecular weight excluding hydrogens is 426 g/mol. The van der Waals surface area contributed by atoms with Crippen LogP contribution in [0.4, 0.5) is 5.69 Å². The van der Waals surface area contributed by atoms with Crippen LogP contribution in [0.5, 0.6) is 5.75 Å². The Morgan fingerprint density at radius 1 is 1.00 bits per heavy atom. The van der Waals surface area contributed by atoms with Crippen LogP contribution in [0.1, 0.15) is 45.7 Å². The average Bonchev–Trinajstić information content (AvgIpc) is 2.52. The van der Waals surface area contributed by atoms with Crippen LogP contribution in [-0.4, -0.2) is 35.7 Å². The van der Waals surface area contributed by atoms with E-state index in [0.29, 0.717) is 10.2 Å². The van der Waals surface area contributed by atoms with Crippen molar-refractivity contribution < 1.29 is 27.7 Å². The lowest BCUT2D eigenvalue weighted by molar-refractivity contribution is 0.0976. The predicted octanol–water partition coefficient (Wildman–Crippen LogP) is 3.00. The van der Waals surface area contributed by atoms with Gasteiger partial charge in [0.2, 0.25) is 0 Å². The number of phenolic OH excluding ortho intramolecular Hbond substituents is 1. The molecule has 0 fully saturated rings. The van der Waals surface area contributed by atoms with Gasteiger partial charge < -0.3 is 10.4 Å².